The Labute approximate surface area is 133 Å². The molecule has 7 heteroatoms. The highest BCUT2D eigenvalue weighted by Crippen LogP contribution is 2.48. The summed E-state index contributed by atoms with van der Waals surface area (Å²) in [7, 11) is 1.54. The van der Waals surface area contributed by atoms with Crippen LogP contribution in [0.5, 0.6) is 11.5 Å². The highest BCUT2D eigenvalue weighted by atomic mass is 16.6. The maximum Gasteiger partial charge on any atom is 0.318 e. The van der Waals surface area contributed by atoms with Crippen LogP contribution in [0, 0.1) is 5.92 Å². The number of carbonyl (C=O) groups excluding carboxylic acids is 2. The number of urea groups is 1. The molecular weight excluding hydrogens is 300 g/mol. The Morgan fingerprint density at radius 2 is 2.30 bits per heavy atom. The number of methoxy groups -OCH3 is 1. The summed E-state index contributed by atoms with van der Waals surface area (Å²) < 4.78 is 16.5. The second-order valence-electron chi connectivity index (χ2n) is 5.56. The van der Waals surface area contributed by atoms with E-state index in [9.17, 15) is 9.59 Å². The first-order valence-electron chi connectivity index (χ1n) is 7.22. The molecule has 7 nitrogen and oxygen atoms in total. The molecule has 122 valence electrons. The number of hydrogen-bond donors (Lipinski definition) is 2. The van der Waals surface area contributed by atoms with Crippen molar-refractivity contribution in [2.75, 3.05) is 13.7 Å². The predicted octanol–water partition coefficient (Wildman–Crippen LogP) is 1.50. The summed E-state index contributed by atoms with van der Waals surface area (Å²) >= 11 is 0. The van der Waals surface area contributed by atoms with Gasteiger partial charge in [-0.15, -0.1) is 0 Å². The van der Waals surface area contributed by atoms with Gasteiger partial charge in [0.2, 0.25) is 0 Å². The van der Waals surface area contributed by atoms with Gasteiger partial charge in [-0.05, 0) is 13.0 Å². The van der Waals surface area contributed by atoms with Crippen molar-refractivity contribution in [1.82, 2.24) is 10.6 Å². The van der Waals surface area contributed by atoms with E-state index >= 15 is 0 Å². The lowest BCUT2D eigenvalue weighted by molar-refractivity contribution is -0.162. The van der Waals surface area contributed by atoms with Crippen LogP contribution in [0.4, 0.5) is 4.79 Å². The normalized spacial score (nSPS) is 27.7. The molecule has 2 heterocycles. The minimum atomic E-state index is -1.23. The molecule has 1 fully saturated rings. The summed E-state index contributed by atoms with van der Waals surface area (Å²) in [5.41, 5.74) is -0.551. The van der Waals surface area contributed by atoms with Gasteiger partial charge in [-0.1, -0.05) is 24.8 Å². The van der Waals surface area contributed by atoms with Crippen LogP contribution in [0.25, 0.3) is 0 Å². The van der Waals surface area contributed by atoms with Crippen molar-refractivity contribution in [3.05, 3.63) is 36.4 Å². The minimum Gasteiger partial charge on any atom is -0.493 e. The number of hydrogen-bond acceptors (Lipinski definition) is 5. The zero-order valence-corrected chi connectivity index (χ0v) is 12.9. The van der Waals surface area contributed by atoms with Crippen molar-refractivity contribution in [1.29, 1.82) is 0 Å². The molecule has 23 heavy (non-hydrogen) atoms. The Kier molecular flexibility index (Phi) is 3.63. The third kappa shape index (κ3) is 2.38. The van der Waals surface area contributed by atoms with E-state index in [0.29, 0.717) is 17.1 Å². The molecule has 3 rings (SSSR count). The summed E-state index contributed by atoms with van der Waals surface area (Å²) in [6, 6.07) is 4.37. The van der Waals surface area contributed by atoms with Crippen LogP contribution < -0.4 is 20.1 Å². The van der Waals surface area contributed by atoms with E-state index in [1.807, 2.05) is 0 Å². The van der Waals surface area contributed by atoms with Gasteiger partial charge in [0.25, 0.3) is 0 Å². The van der Waals surface area contributed by atoms with E-state index in [4.69, 9.17) is 14.2 Å². The standard InChI is InChI=1S/C16H18N2O5/c1-4-8-22-14(19)11-12-9-6-5-7-10(21-3)13(9)23-16(11,2)18-15(20)17-12/h4-7,11-12H,1,8H2,2-3H3,(H2,17,18,20)/t11-,12-,16-/m1/s1. The summed E-state index contributed by atoms with van der Waals surface area (Å²) in [5.74, 6) is -0.171. The third-order valence-electron chi connectivity index (χ3n) is 4.05. The molecule has 1 saturated heterocycles. The van der Waals surface area contributed by atoms with E-state index in [2.05, 4.69) is 17.2 Å². The van der Waals surface area contributed by atoms with Crippen molar-refractivity contribution < 1.29 is 23.8 Å². The predicted molar refractivity (Wildman–Crippen MR) is 81.1 cm³/mol. The van der Waals surface area contributed by atoms with Crippen molar-refractivity contribution in [2.45, 2.75) is 18.7 Å². The summed E-state index contributed by atoms with van der Waals surface area (Å²) in [6.45, 7) is 5.27. The van der Waals surface area contributed by atoms with Gasteiger partial charge in [-0.3, -0.25) is 10.1 Å². The van der Waals surface area contributed by atoms with E-state index < -0.39 is 29.7 Å². The van der Waals surface area contributed by atoms with Crippen LogP contribution in [0.1, 0.15) is 18.5 Å². The van der Waals surface area contributed by atoms with Gasteiger partial charge >= 0.3 is 12.0 Å². The average molecular weight is 318 g/mol. The van der Waals surface area contributed by atoms with E-state index in [1.54, 1.807) is 25.1 Å². The van der Waals surface area contributed by atoms with E-state index in [1.165, 1.54) is 13.2 Å². The second-order valence-corrected chi connectivity index (χ2v) is 5.56. The smallest absolute Gasteiger partial charge is 0.318 e. The number of benzene rings is 1. The van der Waals surface area contributed by atoms with Crippen LogP contribution in [0.15, 0.2) is 30.9 Å². The highest BCUT2D eigenvalue weighted by Gasteiger charge is 2.57. The average Bonchev–Trinajstić information content (AvgIpc) is 2.50. The number of para-hydroxylation sites is 1. The van der Waals surface area contributed by atoms with Gasteiger partial charge in [0.15, 0.2) is 17.2 Å². The van der Waals surface area contributed by atoms with Crippen molar-refractivity contribution in [3.8, 4) is 11.5 Å². The number of nitrogens with one attached hydrogen (secondary N) is 2. The van der Waals surface area contributed by atoms with Gasteiger partial charge in [0.05, 0.1) is 13.2 Å². The first-order chi connectivity index (χ1) is 11.0. The Morgan fingerprint density at radius 1 is 1.52 bits per heavy atom. The number of esters is 1. The van der Waals surface area contributed by atoms with Gasteiger partial charge in [0, 0.05) is 5.56 Å². The fourth-order valence-electron chi connectivity index (χ4n) is 3.08. The summed E-state index contributed by atoms with van der Waals surface area (Å²) in [5, 5.41) is 5.44. The molecule has 2 aliphatic rings. The zero-order valence-electron chi connectivity index (χ0n) is 12.9. The number of rotatable bonds is 4. The van der Waals surface area contributed by atoms with Crippen molar-refractivity contribution >= 4 is 12.0 Å². The van der Waals surface area contributed by atoms with Crippen LogP contribution in [-0.4, -0.2) is 31.4 Å². The Balaban J connectivity index is 2.07. The van der Waals surface area contributed by atoms with E-state index in [-0.39, 0.29) is 6.61 Å². The van der Waals surface area contributed by atoms with E-state index in [0.717, 1.165) is 0 Å². The van der Waals surface area contributed by atoms with Crippen LogP contribution in [0.3, 0.4) is 0 Å². The molecule has 0 unspecified atom stereocenters. The SMILES string of the molecule is C=CCOC(=O)[C@H]1[C@@H]2NC(=O)N[C@]1(C)Oc1c(OC)cccc12. The topological polar surface area (TPSA) is 85.9 Å². The second kappa shape index (κ2) is 5.49. The van der Waals surface area contributed by atoms with Gasteiger partial charge < -0.3 is 19.5 Å². The number of ether oxygens (including phenoxy) is 3. The van der Waals surface area contributed by atoms with Crippen molar-refractivity contribution in [3.63, 3.8) is 0 Å². The Hall–Kier alpha value is -2.70. The molecule has 0 saturated carbocycles. The first kappa shape index (κ1) is 15.2. The molecule has 2 bridgehead atoms. The fourth-order valence-corrected chi connectivity index (χ4v) is 3.08. The molecule has 2 aliphatic heterocycles. The summed E-state index contributed by atoms with van der Waals surface area (Å²) in [6.07, 6.45) is 1.49. The molecule has 1 aromatic carbocycles. The van der Waals surface area contributed by atoms with Crippen molar-refractivity contribution in [2.24, 2.45) is 5.92 Å². The molecule has 0 aliphatic carbocycles. The molecule has 1 aromatic rings. The molecule has 2 amide bonds. The molecule has 0 radical (unpaired) electrons. The molecule has 0 spiro atoms. The van der Waals surface area contributed by atoms with Gasteiger partial charge in [-0.2, -0.15) is 0 Å². The third-order valence-corrected chi connectivity index (χ3v) is 4.05. The first-order valence-corrected chi connectivity index (χ1v) is 7.22. The monoisotopic (exact) mass is 318 g/mol. The lowest BCUT2D eigenvalue weighted by Crippen LogP contribution is -2.70. The largest absolute Gasteiger partial charge is 0.493 e. The maximum absolute atomic E-state index is 12.5. The number of fused-ring (bicyclic) bond motifs is 4. The van der Waals surface area contributed by atoms with Crippen LogP contribution in [0.2, 0.25) is 0 Å². The minimum absolute atomic E-state index is 0.0943. The molecule has 2 N–H and O–H groups in total. The number of carbonyl (C=O) groups is 2. The lowest BCUT2D eigenvalue weighted by Gasteiger charge is -2.49. The molecular formula is C16H18N2O5. The fraction of sp³-hybridized carbons (Fsp3) is 0.375. The Bertz CT molecular complexity index is 674. The van der Waals surface area contributed by atoms with Crippen LogP contribution >= 0.6 is 0 Å². The zero-order chi connectivity index (χ0) is 16.6. The van der Waals surface area contributed by atoms with Gasteiger partial charge in [0.1, 0.15) is 12.5 Å². The maximum atomic E-state index is 12.5. The van der Waals surface area contributed by atoms with Gasteiger partial charge in [-0.25, -0.2) is 4.79 Å². The number of amides is 2. The summed E-state index contributed by atoms with van der Waals surface area (Å²) in [4.78, 5) is 24.4. The van der Waals surface area contributed by atoms with Crippen LogP contribution in [-0.2, 0) is 9.53 Å². The lowest BCUT2D eigenvalue weighted by atomic mass is 9.80. The molecule has 3 atom stereocenters. The molecule has 0 aromatic heterocycles. The quantitative estimate of drug-likeness (QED) is 0.649. The Morgan fingerprint density at radius 3 is 3.00 bits per heavy atom. The highest BCUT2D eigenvalue weighted by molar-refractivity contribution is 5.84.